The van der Waals surface area contributed by atoms with Crippen molar-refractivity contribution in [1.82, 2.24) is 4.58 Å². The third-order valence-corrected chi connectivity index (χ3v) is 9.78. The fourth-order valence-electron chi connectivity index (χ4n) is 7.36. The SMILES string of the molecule is CC1(C)/C(=C\C(=C\C2=[N+](c3cc(C(F)(F)F)cc(C(F)(F)F)c3)c3c(ccc4ccccc34)C2)OC(F)(F)F)N(CCc2ccccc2)c2ccccc21. The Morgan fingerprint density at radius 3 is 2.06 bits per heavy atom. The molecule has 2 aliphatic rings. The van der Waals surface area contributed by atoms with Gasteiger partial charge in [0.15, 0.2) is 5.71 Å². The molecule has 0 aromatic heterocycles. The van der Waals surface area contributed by atoms with Crippen LogP contribution < -0.4 is 9.48 Å². The minimum absolute atomic E-state index is 0.0194. The third kappa shape index (κ3) is 7.21. The summed E-state index contributed by atoms with van der Waals surface area (Å²) in [5.41, 5.74) is -0.637. The number of nitrogens with zero attached hydrogens (tertiary/aromatic N) is 2. The van der Waals surface area contributed by atoms with Gasteiger partial charge in [-0.15, -0.1) is 13.2 Å². The second-order valence-electron chi connectivity index (χ2n) is 13.7. The number of allylic oxidation sites excluding steroid dienone is 3. The summed E-state index contributed by atoms with van der Waals surface area (Å²) in [4.78, 5) is 1.91. The zero-order chi connectivity index (χ0) is 38.6. The van der Waals surface area contributed by atoms with Gasteiger partial charge in [-0.05, 0) is 41.1 Å². The van der Waals surface area contributed by atoms with Crippen molar-refractivity contribution in [2.45, 2.75) is 50.8 Å². The molecule has 0 fully saturated rings. The highest BCUT2D eigenvalue weighted by atomic mass is 19.4. The number of fused-ring (bicyclic) bond motifs is 4. The van der Waals surface area contributed by atoms with Crippen LogP contribution in [0.15, 0.2) is 133 Å². The standard InChI is InChI=1S/C42H32F9N2O/c1-39(2)35-14-8-9-15-36(35)52(19-18-26-10-4-3-5-11-26)37(39)25-33(54-42(49,50)51)24-31-20-28-17-16-27-12-6-7-13-34(27)38(28)53(31)32-22-29(40(43,44)45)21-30(23-32)41(46,47)48/h3-17,21-25H,18-20H2,1-2H3/q+1. The molecule has 12 heteroatoms. The lowest BCUT2D eigenvalue weighted by atomic mass is 9.83. The number of para-hydroxylation sites is 1. The van der Waals surface area contributed by atoms with Crippen LogP contribution in [0.25, 0.3) is 10.8 Å². The van der Waals surface area contributed by atoms with Gasteiger partial charge in [0.2, 0.25) is 11.4 Å². The van der Waals surface area contributed by atoms with Crippen molar-refractivity contribution in [1.29, 1.82) is 0 Å². The van der Waals surface area contributed by atoms with Crippen LogP contribution in [0.3, 0.4) is 0 Å². The molecule has 7 rings (SSSR count). The Kier molecular flexibility index (Phi) is 9.14. The number of benzene rings is 5. The van der Waals surface area contributed by atoms with Gasteiger partial charge >= 0.3 is 18.7 Å². The minimum Gasteiger partial charge on any atom is -0.405 e. The summed E-state index contributed by atoms with van der Waals surface area (Å²) in [7, 11) is 0. The predicted octanol–water partition coefficient (Wildman–Crippen LogP) is 12.1. The molecule has 0 atom stereocenters. The Balaban J connectivity index is 1.47. The highest BCUT2D eigenvalue weighted by Crippen LogP contribution is 2.49. The molecule has 2 heterocycles. The quantitative estimate of drug-likeness (QED) is 0.0935. The van der Waals surface area contributed by atoms with E-state index in [1.165, 1.54) is 10.7 Å². The van der Waals surface area contributed by atoms with Crippen molar-refractivity contribution in [3.05, 3.63) is 161 Å². The third-order valence-electron chi connectivity index (χ3n) is 9.78. The first kappa shape index (κ1) is 36.8. The number of halogens is 9. The van der Waals surface area contributed by atoms with Crippen molar-refractivity contribution in [3.8, 4) is 0 Å². The maximum atomic E-state index is 14.3. The average Bonchev–Trinajstić information content (AvgIpc) is 3.57. The molecule has 54 heavy (non-hydrogen) atoms. The van der Waals surface area contributed by atoms with Crippen LogP contribution in [0.4, 0.5) is 56.6 Å². The summed E-state index contributed by atoms with van der Waals surface area (Å²) in [6, 6.07) is 28.3. The van der Waals surface area contributed by atoms with E-state index >= 15 is 0 Å². The average molecular weight is 752 g/mol. The largest absolute Gasteiger partial charge is 0.573 e. The van der Waals surface area contributed by atoms with E-state index in [4.69, 9.17) is 0 Å². The van der Waals surface area contributed by atoms with Crippen LogP contribution in [-0.4, -0.2) is 18.6 Å². The van der Waals surface area contributed by atoms with Gasteiger partial charge < -0.3 is 9.64 Å². The molecule has 0 amide bonds. The van der Waals surface area contributed by atoms with Gasteiger partial charge in [0, 0.05) is 53.2 Å². The van der Waals surface area contributed by atoms with Gasteiger partial charge in [-0.1, -0.05) is 92.7 Å². The topological polar surface area (TPSA) is 15.5 Å². The number of alkyl halides is 9. The summed E-state index contributed by atoms with van der Waals surface area (Å²) in [5, 5.41) is 1.11. The van der Waals surface area contributed by atoms with E-state index in [0.717, 1.165) is 22.9 Å². The Morgan fingerprint density at radius 1 is 0.759 bits per heavy atom. The maximum absolute atomic E-state index is 14.3. The maximum Gasteiger partial charge on any atom is 0.573 e. The van der Waals surface area contributed by atoms with E-state index in [1.807, 2.05) is 73.3 Å². The number of ether oxygens (including phenoxy) is 1. The number of hydrogen-bond acceptors (Lipinski definition) is 2. The summed E-state index contributed by atoms with van der Waals surface area (Å²) in [6.45, 7) is 4.12. The van der Waals surface area contributed by atoms with Gasteiger partial charge in [-0.2, -0.15) is 30.9 Å². The fourth-order valence-corrected chi connectivity index (χ4v) is 7.36. The summed E-state index contributed by atoms with van der Waals surface area (Å²) < 4.78 is 133. The van der Waals surface area contributed by atoms with Gasteiger partial charge in [0.05, 0.1) is 22.9 Å². The highest BCUT2D eigenvalue weighted by molar-refractivity contribution is 6.10. The molecule has 0 saturated heterocycles. The number of rotatable bonds is 7. The van der Waals surface area contributed by atoms with Crippen molar-refractivity contribution < 1.29 is 44.3 Å². The minimum atomic E-state index is -5.20. The lowest BCUT2D eigenvalue weighted by Crippen LogP contribution is -2.29. The lowest BCUT2D eigenvalue weighted by molar-refractivity contribution is -0.303. The van der Waals surface area contributed by atoms with Gasteiger partial charge in [0.25, 0.3) is 0 Å². The second kappa shape index (κ2) is 13.4. The molecule has 3 nitrogen and oxygen atoms in total. The van der Waals surface area contributed by atoms with E-state index in [-0.39, 0.29) is 23.9 Å². The molecule has 0 bridgehead atoms. The van der Waals surface area contributed by atoms with E-state index < -0.39 is 46.7 Å². The van der Waals surface area contributed by atoms with Crippen LogP contribution in [0.2, 0.25) is 0 Å². The second-order valence-corrected chi connectivity index (χ2v) is 13.7. The van der Waals surface area contributed by atoms with Crippen molar-refractivity contribution in [2.75, 3.05) is 11.4 Å². The molecule has 278 valence electrons. The van der Waals surface area contributed by atoms with Crippen LogP contribution in [-0.2, 0) is 35.3 Å². The smallest absolute Gasteiger partial charge is 0.405 e. The fraction of sp³-hybridized carbons (Fsp3) is 0.214. The first-order valence-electron chi connectivity index (χ1n) is 17.0. The molecular weight excluding hydrogens is 719 g/mol. The highest BCUT2D eigenvalue weighted by Gasteiger charge is 2.43. The number of anilines is 1. The molecule has 5 aromatic rings. The molecule has 0 spiro atoms. The Hall–Kier alpha value is -5.52. The first-order chi connectivity index (χ1) is 25.4. The van der Waals surface area contributed by atoms with Crippen molar-refractivity contribution >= 4 is 33.5 Å². The van der Waals surface area contributed by atoms with Crippen LogP contribution in [0.1, 0.15) is 41.7 Å². The molecule has 0 N–H and O–H groups in total. The molecular formula is C42H32F9N2O+. The van der Waals surface area contributed by atoms with Gasteiger partial charge in [-0.3, -0.25) is 0 Å². The summed E-state index contributed by atoms with van der Waals surface area (Å²) in [6.07, 6.45) is -12.8. The van der Waals surface area contributed by atoms with Crippen LogP contribution in [0.5, 0.6) is 0 Å². The normalized spacial score (nSPS) is 16.7. The molecule has 2 aliphatic heterocycles. The van der Waals surface area contributed by atoms with E-state index in [1.54, 1.807) is 36.4 Å². The predicted molar refractivity (Wildman–Crippen MR) is 191 cm³/mol. The molecule has 0 radical (unpaired) electrons. The van der Waals surface area contributed by atoms with Gasteiger partial charge in [0.1, 0.15) is 5.76 Å². The van der Waals surface area contributed by atoms with E-state index in [0.29, 0.717) is 47.1 Å². The Labute approximate surface area is 304 Å². The molecule has 5 aromatic carbocycles. The Morgan fingerprint density at radius 2 is 1.39 bits per heavy atom. The molecule has 0 aliphatic carbocycles. The van der Waals surface area contributed by atoms with E-state index in [2.05, 4.69) is 4.74 Å². The van der Waals surface area contributed by atoms with Gasteiger partial charge in [-0.25, -0.2) is 0 Å². The molecule has 0 unspecified atom stereocenters. The first-order valence-corrected chi connectivity index (χ1v) is 17.0. The van der Waals surface area contributed by atoms with Crippen molar-refractivity contribution in [2.24, 2.45) is 0 Å². The zero-order valence-electron chi connectivity index (χ0n) is 28.9. The Bertz CT molecular complexity index is 2300. The van der Waals surface area contributed by atoms with Crippen molar-refractivity contribution in [3.63, 3.8) is 0 Å². The molecule has 0 saturated carbocycles. The summed E-state index contributed by atoms with van der Waals surface area (Å²) >= 11 is 0. The monoisotopic (exact) mass is 751 g/mol. The lowest BCUT2D eigenvalue weighted by Gasteiger charge is -2.28. The summed E-state index contributed by atoms with van der Waals surface area (Å²) in [5.74, 6) is -0.691. The zero-order valence-corrected chi connectivity index (χ0v) is 28.9. The van der Waals surface area contributed by atoms with Crippen LogP contribution >= 0.6 is 0 Å². The van der Waals surface area contributed by atoms with E-state index in [9.17, 15) is 39.5 Å². The number of hydrogen-bond donors (Lipinski definition) is 0. The van der Waals surface area contributed by atoms with Crippen LogP contribution in [0, 0.1) is 0 Å².